The average Bonchev–Trinajstić information content (AvgIpc) is 3.82. The minimum absolute atomic E-state index is 0.213. The van der Waals surface area contributed by atoms with Gasteiger partial charge < -0.3 is 29.2 Å². The number of pyridine rings is 1. The SMILES string of the molecule is C[C@@H]1CCC[C@H](C)N1c1nnc2ccc(O[C@@H]3CCC(NC(=O)Nc4cc(C(C)(C)C)nn4-c4cc(F)cc(OCCOC5CCCCO5)c4)c4ccccc43)cn12. The van der Waals surface area contributed by atoms with Crippen molar-refractivity contribution in [2.24, 2.45) is 0 Å². The van der Waals surface area contributed by atoms with E-state index < -0.39 is 11.8 Å². The van der Waals surface area contributed by atoms with Crippen LogP contribution in [0, 0.1) is 5.82 Å². The molecular weight excluding hydrogens is 740 g/mol. The van der Waals surface area contributed by atoms with Gasteiger partial charge in [-0.25, -0.2) is 13.9 Å². The van der Waals surface area contributed by atoms with Crippen molar-refractivity contribution in [1.29, 1.82) is 0 Å². The molecule has 3 aromatic heterocycles. The number of amides is 2. The Bertz CT molecular complexity index is 2200. The molecule has 5 aromatic rings. The highest BCUT2D eigenvalue weighted by atomic mass is 19.1. The molecule has 3 aliphatic rings. The predicted molar refractivity (Wildman–Crippen MR) is 219 cm³/mol. The van der Waals surface area contributed by atoms with Crippen molar-refractivity contribution in [3.8, 4) is 17.2 Å². The van der Waals surface area contributed by atoms with Gasteiger partial charge in [0, 0.05) is 42.3 Å². The number of aromatic nitrogens is 5. The number of halogens is 1. The van der Waals surface area contributed by atoms with Crippen LogP contribution < -0.4 is 25.0 Å². The summed E-state index contributed by atoms with van der Waals surface area (Å²) in [6.45, 7) is 11.9. The van der Waals surface area contributed by atoms with Crippen LogP contribution in [-0.2, 0) is 14.9 Å². The molecule has 13 nitrogen and oxygen atoms in total. The average molecular weight is 795 g/mol. The molecule has 58 heavy (non-hydrogen) atoms. The van der Waals surface area contributed by atoms with Crippen molar-refractivity contribution < 1.29 is 28.1 Å². The van der Waals surface area contributed by atoms with E-state index in [1.165, 1.54) is 18.6 Å². The van der Waals surface area contributed by atoms with Crippen LogP contribution in [-0.4, -0.2) is 68.6 Å². The summed E-state index contributed by atoms with van der Waals surface area (Å²) in [6, 6.07) is 18.3. The summed E-state index contributed by atoms with van der Waals surface area (Å²) >= 11 is 0. The van der Waals surface area contributed by atoms with Crippen LogP contribution in [0.5, 0.6) is 11.5 Å². The van der Waals surface area contributed by atoms with Crippen molar-refractivity contribution in [3.63, 3.8) is 0 Å². The summed E-state index contributed by atoms with van der Waals surface area (Å²) in [7, 11) is 0. The van der Waals surface area contributed by atoms with Gasteiger partial charge in [-0.15, -0.1) is 10.2 Å². The first-order valence-electron chi connectivity index (χ1n) is 20.7. The summed E-state index contributed by atoms with van der Waals surface area (Å²) in [6.07, 6.45) is 9.32. The molecule has 2 aliphatic heterocycles. The fourth-order valence-corrected chi connectivity index (χ4v) is 8.39. The Morgan fingerprint density at radius 3 is 2.48 bits per heavy atom. The number of hydrogen-bond acceptors (Lipinski definition) is 9. The molecule has 2 N–H and O–H groups in total. The lowest BCUT2D eigenvalue weighted by Gasteiger charge is -2.39. The zero-order chi connectivity index (χ0) is 40.4. The molecule has 0 bridgehead atoms. The first-order chi connectivity index (χ1) is 28.0. The monoisotopic (exact) mass is 794 g/mol. The summed E-state index contributed by atoms with van der Waals surface area (Å²) in [4.78, 5) is 16.2. The quantitative estimate of drug-likeness (QED) is 0.126. The van der Waals surface area contributed by atoms with E-state index in [0.29, 0.717) is 55.4 Å². The first kappa shape index (κ1) is 39.6. The van der Waals surface area contributed by atoms with Crippen LogP contribution in [0.3, 0.4) is 0 Å². The molecule has 14 heteroatoms. The maximum Gasteiger partial charge on any atom is 0.320 e. The van der Waals surface area contributed by atoms with Crippen LogP contribution in [0.25, 0.3) is 11.3 Å². The Morgan fingerprint density at radius 1 is 0.897 bits per heavy atom. The molecular formula is C44H55FN8O5. The van der Waals surface area contributed by atoms with E-state index in [1.807, 2.05) is 67.8 Å². The van der Waals surface area contributed by atoms with Gasteiger partial charge >= 0.3 is 6.03 Å². The zero-order valence-corrected chi connectivity index (χ0v) is 34.1. The smallest absolute Gasteiger partial charge is 0.320 e. The van der Waals surface area contributed by atoms with Gasteiger partial charge in [-0.1, -0.05) is 45.0 Å². The maximum absolute atomic E-state index is 15.1. The summed E-state index contributed by atoms with van der Waals surface area (Å²) in [5.74, 6) is 1.81. The van der Waals surface area contributed by atoms with Gasteiger partial charge in [0.1, 0.15) is 35.8 Å². The molecule has 0 spiro atoms. The van der Waals surface area contributed by atoms with Crippen LogP contribution in [0.1, 0.15) is 115 Å². The molecule has 2 amide bonds. The van der Waals surface area contributed by atoms with Crippen molar-refractivity contribution in [2.45, 2.75) is 122 Å². The third kappa shape index (κ3) is 8.77. The number of nitrogens with one attached hydrogen (secondary N) is 2. The highest BCUT2D eigenvalue weighted by Crippen LogP contribution is 2.39. The highest BCUT2D eigenvalue weighted by molar-refractivity contribution is 5.89. The van der Waals surface area contributed by atoms with E-state index in [0.717, 1.165) is 66.3 Å². The number of piperidine rings is 1. The number of anilines is 2. The topological polar surface area (TPSA) is 129 Å². The van der Waals surface area contributed by atoms with Crippen molar-refractivity contribution in [2.75, 3.05) is 30.0 Å². The Labute approximate surface area is 339 Å². The lowest BCUT2D eigenvalue weighted by molar-refractivity contribution is -0.165. The zero-order valence-electron chi connectivity index (χ0n) is 34.1. The maximum atomic E-state index is 15.1. The number of carbonyl (C=O) groups excluding carboxylic acids is 1. The molecule has 8 rings (SSSR count). The van der Waals surface area contributed by atoms with Gasteiger partial charge in [0.05, 0.1) is 30.2 Å². The van der Waals surface area contributed by atoms with Crippen LogP contribution in [0.2, 0.25) is 0 Å². The van der Waals surface area contributed by atoms with E-state index >= 15 is 4.39 Å². The molecule has 5 heterocycles. The van der Waals surface area contributed by atoms with Gasteiger partial charge in [0.25, 0.3) is 0 Å². The largest absolute Gasteiger partial charge is 0.491 e. The lowest BCUT2D eigenvalue weighted by Crippen LogP contribution is -2.44. The fourth-order valence-electron chi connectivity index (χ4n) is 8.39. The number of rotatable bonds is 11. The van der Waals surface area contributed by atoms with Gasteiger partial charge in [-0.2, -0.15) is 5.10 Å². The molecule has 0 saturated carbocycles. The summed E-state index contributed by atoms with van der Waals surface area (Å²) in [5, 5.41) is 20.1. The van der Waals surface area contributed by atoms with E-state index in [4.69, 9.17) is 24.0 Å². The van der Waals surface area contributed by atoms with Crippen molar-refractivity contribution >= 4 is 23.4 Å². The highest BCUT2D eigenvalue weighted by Gasteiger charge is 2.32. The Balaban J connectivity index is 0.962. The Hall–Kier alpha value is -5.21. The second kappa shape index (κ2) is 16.9. The number of ether oxygens (including phenoxy) is 4. The molecule has 0 radical (unpaired) electrons. The third-order valence-electron chi connectivity index (χ3n) is 11.4. The number of fused-ring (bicyclic) bond motifs is 2. The van der Waals surface area contributed by atoms with Gasteiger partial charge in [0.2, 0.25) is 5.95 Å². The third-order valence-corrected chi connectivity index (χ3v) is 11.4. The predicted octanol–water partition coefficient (Wildman–Crippen LogP) is 8.82. The first-order valence-corrected chi connectivity index (χ1v) is 20.7. The summed E-state index contributed by atoms with van der Waals surface area (Å²) in [5.41, 5.74) is 3.59. The lowest BCUT2D eigenvalue weighted by atomic mass is 9.85. The van der Waals surface area contributed by atoms with Gasteiger partial charge in [-0.3, -0.25) is 9.72 Å². The number of nitrogens with zero attached hydrogens (tertiary/aromatic N) is 6. The normalized spacial score (nSPS) is 22.4. The Kier molecular flexibility index (Phi) is 11.6. The van der Waals surface area contributed by atoms with Gasteiger partial charge in [0.15, 0.2) is 11.9 Å². The minimum Gasteiger partial charge on any atom is -0.491 e. The van der Waals surface area contributed by atoms with Gasteiger partial charge in [-0.05, 0) is 94.5 Å². The van der Waals surface area contributed by atoms with E-state index in [-0.39, 0.29) is 30.5 Å². The van der Waals surface area contributed by atoms with Crippen LogP contribution in [0.4, 0.5) is 21.0 Å². The Morgan fingerprint density at radius 2 is 1.71 bits per heavy atom. The van der Waals surface area contributed by atoms with Crippen LogP contribution in [0.15, 0.2) is 66.9 Å². The number of benzene rings is 2. The molecule has 1 aliphatic carbocycles. The van der Waals surface area contributed by atoms with Crippen LogP contribution >= 0.6 is 0 Å². The second-order valence-electron chi connectivity index (χ2n) is 16.8. The summed E-state index contributed by atoms with van der Waals surface area (Å²) < 4.78 is 42.6. The molecule has 2 aromatic carbocycles. The second-order valence-corrected chi connectivity index (χ2v) is 16.8. The molecule has 2 unspecified atom stereocenters. The van der Waals surface area contributed by atoms with E-state index in [1.54, 1.807) is 10.7 Å². The molecule has 5 atom stereocenters. The van der Waals surface area contributed by atoms with E-state index in [9.17, 15) is 4.79 Å². The number of hydrogen-bond donors (Lipinski definition) is 2. The standard InChI is InChI=1S/C44H55FN8O5/c1-28-11-10-12-29(2)52(28)43-49-48-39-19-16-32(27-51(39)43)58-37-18-17-36(34-13-6-7-14-35(34)37)46-42(54)47-40-26-38(44(3,4)5)50-53(40)31-23-30(45)24-33(25-31)55-21-22-57-41-15-8-9-20-56-41/h6-7,13-14,16,19,23-29,36-37,41H,8-12,15,17-18,20-22H2,1-5H3,(H2,46,47,54)/t28-,29+,36?,37-,41?/m1/s1. The van der Waals surface area contributed by atoms with Crippen molar-refractivity contribution in [3.05, 3.63) is 89.5 Å². The minimum atomic E-state index is -0.490. The van der Waals surface area contributed by atoms with E-state index in [2.05, 4.69) is 45.6 Å². The van der Waals surface area contributed by atoms with Crippen molar-refractivity contribution in [1.82, 2.24) is 29.7 Å². The molecule has 308 valence electrons. The number of carbonyl (C=O) groups is 1. The molecule has 2 fully saturated rings. The fraction of sp³-hybridized carbons (Fsp3) is 0.500. The number of urea groups is 1. The molecule has 2 saturated heterocycles.